The molecule has 1 N–H and O–H groups in total. The van der Waals surface area contributed by atoms with Crippen LogP contribution in [0.3, 0.4) is 0 Å². The number of benzene rings is 1. The lowest BCUT2D eigenvalue weighted by molar-refractivity contribution is -0.385. The summed E-state index contributed by atoms with van der Waals surface area (Å²) >= 11 is 0. The number of hydrogen-bond donors (Lipinski definition) is 1. The minimum Gasteiger partial charge on any atom is -0.477 e. The molecular formula is C16H21N3O7S. The third kappa shape index (κ3) is 5.91. The second-order valence-electron chi connectivity index (χ2n) is 6.09. The quantitative estimate of drug-likeness (QED) is 0.484. The molecule has 0 bridgehead atoms. The van der Waals surface area contributed by atoms with Crippen molar-refractivity contribution in [3.05, 3.63) is 34.4 Å². The maximum atomic E-state index is 12.3. The molecule has 2 amide bonds. The lowest BCUT2D eigenvalue weighted by Gasteiger charge is -2.21. The fourth-order valence-corrected chi connectivity index (χ4v) is 4.37. The molecule has 1 unspecified atom stereocenters. The minimum absolute atomic E-state index is 0.0347. The number of nitro groups is 1. The SMILES string of the molecule is CCN(CC(=O)NC1CCS(=O)(=O)C1)C(=O)COc1ccccc1[N+](=O)[O-]. The van der Waals surface area contributed by atoms with Gasteiger partial charge in [-0.3, -0.25) is 19.7 Å². The number of nitrogens with zero attached hydrogens (tertiary/aromatic N) is 2. The highest BCUT2D eigenvalue weighted by Crippen LogP contribution is 2.25. The Morgan fingerprint density at radius 3 is 2.67 bits per heavy atom. The van der Waals surface area contributed by atoms with E-state index in [-0.39, 0.29) is 36.0 Å². The van der Waals surface area contributed by atoms with Crippen LogP contribution in [0.15, 0.2) is 24.3 Å². The first-order valence-corrected chi connectivity index (χ1v) is 10.2. The highest BCUT2D eigenvalue weighted by atomic mass is 32.2. The number of carbonyl (C=O) groups is 2. The second-order valence-corrected chi connectivity index (χ2v) is 8.32. The number of para-hydroxylation sites is 2. The zero-order chi connectivity index (χ0) is 20.0. The molecule has 1 aliphatic heterocycles. The van der Waals surface area contributed by atoms with Crippen molar-refractivity contribution in [3.63, 3.8) is 0 Å². The first kappa shape index (κ1) is 20.6. The highest BCUT2D eigenvalue weighted by Gasteiger charge is 2.29. The van der Waals surface area contributed by atoms with Crippen LogP contribution >= 0.6 is 0 Å². The molecule has 0 saturated carbocycles. The van der Waals surface area contributed by atoms with Gasteiger partial charge < -0.3 is 15.0 Å². The van der Waals surface area contributed by atoms with Crippen molar-refractivity contribution in [3.8, 4) is 5.75 Å². The Hall–Kier alpha value is -2.69. The molecule has 1 saturated heterocycles. The fraction of sp³-hybridized carbons (Fsp3) is 0.500. The van der Waals surface area contributed by atoms with Gasteiger partial charge in [0.15, 0.2) is 22.2 Å². The smallest absolute Gasteiger partial charge is 0.310 e. The fourth-order valence-electron chi connectivity index (χ4n) is 2.69. The molecule has 11 heteroatoms. The number of ether oxygens (including phenoxy) is 1. The van der Waals surface area contributed by atoms with E-state index in [0.717, 1.165) is 0 Å². The van der Waals surface area contributed by atoms with E-state index in [4.69, 9.17) is 4.74 Å². The Bertz CT molecular complexity index is 825. The summed E-state index contributed by atoms with van der Waals surface area (Å²) in [5.41, 5.74) is -0.256. The number of rotatable bonds is 8. The number of hydrogen-bond acceptors (Lipinski definition) is 7. The Labute approximate surface area is 156 Å². The van der Waals surface area contributed by atoms with Crippen LogP contribution < -0.4 is 10.1 Å². The predicted molar refractivity (Wildman–Crippen MR) is 96.0 cm³/mol. The molecule has 0 aliphatic carbocycles. The van der Waals surface area contributed by atoms with Gasteiger partial charge >= 0.3 is 5.69 Å². The van der Waals surface area contributed by atoms with Crippen molar-refractivity contribution in [2.75, 3.05) is 31.2 Å². The molecule has 10 nitrogen and oxygen atoms in total. The number of nitrogens with one attached hydrogen (secondary N) is 1. The summed E-state index contributed by atoms with van der Waals surface area (Å²) in [4.78, 5) is 35.9. The summed E-state index contributed by atoms with van der Waals surface area (Å²) in [5, 5.41) is 13.6. The van der Waals surface area contributed by atoms with E-state index >= 15 is 0 Å². The van der Waals surface area contributed by atoms with Crippen molar-refractivity contribution in [2.45, 2.75) is 19.4 Å². The van der Waals surface area contributed by atoms with Crippen LogP contribution in [0.5, 0.6) is 5.75 Å². The Balaban J connectivity index is 1.88. The van der Waals surface area contributed by atoms with Crippen LogP contribution in [0, 0.1) is 10.1 Å². The van der Waals surface area contributed by atoms with Gasteiger partial charge in [-0.2, -0.15) is 0 Å². The number of carbonyl (C=O) groups excluding carboxylic acids is 2. The van der Waals surface area contributed by atoms with Crippen molar-refractivity contribution < 1.29 is 27.7 Å². The summed E-state index contributed by atoms with van der Waals surface area (Å²) < 4.78 is 28.1. The molecule has 1 aromatic rings. The highest BCUT2D eigenvalue weighted by molar-refractivity contribution is 7.91. The number of likely N-dealkylation sites (N-methyl/N-ethyl adjacent to an activating group) is 1. The van der Waals surface area contributed by atoms with Crippen LogP contribution in [-0.2, 0) is 19.4 Å². The molecule has 1 heterocycles. The molecule has 1 aliphatic rings. The van der Waals surface area contributed by atoms with E-state index < -0.39 is 39.2 Å². The Morgan fingerprint density at radius 2 is 2.07 bits per heavy atom. The molecule has 27 heavy (non-hydrogen) atoms. The topological polar surface area (TPSA) is 136 Å². The molecule has 0 radical (unpaired) electrons. The van der Waals surface area contributed by atoms with Gasteiger partial charge in [-0.25, -0.2) is 8.42 Å². The standard InChI is InChI=1S/C16H21N3O7S/c1-2-18(9-15(20)17-12-7-8-27(24,25)11-12)16(21)10-26-14-6-4-3-5-13(14)19(22)23/h3-6,12H,2,7-11H2,1H3,(H,17,20). The largest absolute Gasteiger partial charge is 0.477 e. The summed E-state index contributed by atoms with van der Waals surface area (Å²) in [7, 11) is -3.11. The molecule has 1 atom stereocenters. The van der Waals surface area contributed by atoms with Gasteiger partial charge in [-0.1, -0.05) is 12.1 Å². The number of sulfone groups is 1. The molecule has 2 rings (SSSR count). The second kappa shape index (κ2) is 8.80. The van der Waals surface area contributed by atoms with Gasteiger partial charge in [0.25, 0.3) is 5.91 Å². The number of nitro benzene ring substituents is 1. The van der Waals surface area contributed by atoms with Crippen LogP contribution in [0.1, 0.15) is 13.3 Å². The van der Waals surface area contributed by atoms with Crippen molar-refractivity contribution in [2.24, 2.45) is 0 Å². The first-order valence-electron chi connectivity index (χ1n) is 8.35. The maximum absolute atomic E-state index is 12.3. The Morgan fingerprint density at radius 1 is 1.37 bits per heavy atom. The molecule has 1 aromatic carbocycles. The normalized spacial score (nSPS) is 17.9. The van der Waals surface area contributed by atoms with Gasteiger partial charge in [0.05, 0.1) is 23.0 Å². The van der Waals surface area contributed by atoms with Gasteiger partial charge in [0, 0.05) is 18.7 Å². The van der Waals surface area contributed by atoms with E-state index in [2.05, 4.69) is 5.32 Å². The summed E-state index contributed by atoms with van der Waals surface area (Å²) in [6, 6.07) is 5.24. The van der Waals surface area contributed by atoms with E-state index in [1.54, 1.807) is 13.0 Å². The van der Waals surface area contributed by atoms with Crippen molar-refractivity contribution >= 4 is 27.3 Å². The summed E-state index contributed by atoms with van der Waals surface area (Å²) in [6.07, 6.45) is 0.356. The van der Waals surface area contributed by atoms with Crippen LogP contribution in [0.2, 0.25) is 0 Å². The van der Waals surface area contributed by atoms with E-state index in [1.807, 2.05) is 0 Å². The average molecular weight is 399 g/mol. The van der Waals surface area contributed by atoms with Crippen molar-refractivity contribution in [1.82, 2.24) is 10.2 Å². The lowest BCUT2D eigenvalue weighted by Crippen LogP contribution is -2.45. The van der Waals surface area contributed by atoms with E-state index in [1.165, 1.54) is 23.1 Å². The molecule has 148 valence electrons. The molecule has 0 spiro atoms. The van der Waals surface area contributed by atoms with Gasteiger partial charge in [-0.05, 0) is 19.4 Å². The molecule has 0 aromatic heterocycles. The number of amides is 2. The first-order chi connectivity index (χ1) is 12.7. The third-order valence-electron chi connectivity index (χ3n) is 4.08. The van der Waals surface area contributed by atoms with Gasteiger partial charge in [-0.15, -0.1) is 0 Å². The zero-order valence-corrected chi connectivity index (χ0v) is 15.6. The van der Waals surface area contributed by atoms with Gasteiger partial charge in [0.2, 0.25) is 5.91 Å². The van der Waals surface area contributed by atoms with Crippen molar-refractivity contribution in [1.29, 1.82) is 0 Å². The van der Waals surface area contributed by atoms with Gasteiger partial charge in [0.1, 0.15) is 0 Å². The summed E-state index contributed by atoms with van der Waals surface area (Å²) in [6.45, 7) is 1.21. The maximum Gasteiger partial charge on any atom is 0.310 e. The Kier molecular flexibility index (Phi) is 6.72. The van der Waals surface area contributed by atoms with Crippen LogP contribution in [0.25, 0.3) is 0 Å². The van der Waals surface area contributed by atoms with Crippen LogP contribution in [0.4, 0.5) is 5.69 Å². The average Bonchev–Trinajstić information content (AvgIpc) is 2.96. The molecule has 1 fully saturated rings. The predicted octanol–water partition coefficient (Wildman–Crippen LogP) is 0.125. The lowest BCUT2D eigenvalue weighted by atomic mass is 10.2. The van der Waals surface area contributed by atoms with E-state index in [0.29, 0.717) is 6.42 Å². The zero-order valence-electron chi connectivity index (χ0n) is 14.8. The summed E-state index contributed by atoms with van der Waals surface area (Å²) in [5.74, 6) is -1.06. The van der Waals surface area contributed by atoms with Crippen LogP contribution in [-0.4, -0.2) is 67.3 Å². The molecular weight excluding hydrogens is 378 g/mol. The monoisotopic (exact) mass is 399 g/mol. The van der Waals surface area contributed by atoms with E-state index in [9.17, 15) is 28.1 Å². The minimum atomic E-state index is -3.11. The third-order valence-corrected chi connectivity index (χ3v) is 5.85.